The Balaban J connectivity index is 2.07. The van der Waals surface area contributed by atoms with Gasteiger partial charge in [0.1, 0.15) is 19.0 Å². The second-order valence-corrected chi connectivity index (χ2v) is 6.49. The third kappa shape index (κ3) is 2.72. The van der Waals surface area contributed by atoms with Gasteiger partial charge in [0.2, 0.25) is 0 Å². The molecule has 1 aliphatic heterocycles. The molecule has 0 spiro atoms. The van der Waals surface area contributed by atoms with Crippen molar-refractivity contribution in [3.05, 3.63) is 24.4 Å². The van der Waals surface area contributed by atoms with Crippen LogP contribution in [0.15, 0.2) is 24.4 Å². The lowest BCUT2D eigenvalue weighted by Crippen LogP contribution is -2.39. The molecule has 0 amide bonds. The van der Waals surface area contributed by atoms with E-state index < -0.39 is 0 Å². The lowest BCUT2D eigenvalue weighted by Gasteiger charge is -2.30. The van der Waals surface area contributed by atoms with Crippen LogP contribution in [0.25, 0.3) is 10.8 Å². The first-order chi connectivity index (χ1) is 9.97. The van der Waals surface area contributed by atoms with Crippen molar-refractivity contribution in [3.8, 4) is 11.5 Å². The van der Waals surface area contributed by atoms with Crippen molar-refractivity contribution in [1.82, 2.24) is 4.98 Å². The molecule has 5 heteroatoms. The number of fused-ring (bicyclic) bond motifs is 2. The molecular weight excluding hydrogens is 288 g/mol. The minimum Gasteiger partial charge on any atom is -0.486 e. The molecular formula is C16H19ClN2O2. The van der Waals surface area contributed by atoms with E-state index in [1.807, 2.05) is 25.1 Å². The fourth-order valence-corrected chi connectivity index (χ4v) is 2.27. The zero-order valence-corrected chi connectivity index (χ0v) is 13.2. The molecule has 2 aromatic rings. The number of rotatable bonds is 3. The summed E-state index contributed by atoms with van der Waals surface area (Å²) in [5.74, 6) is 2.36. The molecule has 21 heavy (non-hydrogen) atoms. The number of anilines is 1. The molecule has 0 saturated heterocycles. The molecule has 1 aromatic carbocycles. The van der Waals surface area contributed by atoms with Crippen LogP contribution in [0.3, 0.4) is 0 Å². The Morgan fingerprint density at radius 3 is 2.57 bits per heavy atom. The molecule has 0 radical (unpaired) electrons. The second-order valence-electron chi connectivity index (χ2n) is 5.84. The van der Waals surface area contributed by atoms with Crippen LogP contribution < -0.4 is 14.8 Å². The molecule has 1 aliphatic rings. The minimum absolute atomic E-state index is 0.0354. The van der Waals surface area contributed by atoms with Crippen molar-refractivity contribution >= 4 is 28.2 Å². The molecule has 1 N–H and O–H groups in total. The maximum atomic E-state index is 6.25. The Kier molecular flexibility index (Phi) is 3.57. The van der Waals surface area contributed by atoms with Gasteiger partial charge in [-0.2, -0.15) is 0 Å². The average molecular weight is 307 g/mol. The summed E-state index contributed by atoms with van der Waals surface area (Å²) in [7, 11) is 0. The van der Waals surface area contributed by atoms with E-state index in [9.17, 15) is 0 Å². The van der Waals surface area contributed by atoms with Gasteiger partial charge in [-0.1, -0.05) is 0 Å². The largest absolute Gasteiger partial charge is 0.486 e. The van der Waals surface area contributed by atoms with Gasteiger partial charge in [-0.05, 0) is 44.4 Å². The molecule has 3 rings (SSSR count). The normalized spacial score (nSPS) is 15.8. The topological polar surface area (TPSA) is 43.4 Å². The van der Waals surface area contributed by atoms with Gasteiger partial charge in [0.15, 0.2) is 11.5 Å². The summed E-state index contributed by atoms with van der Waals surface area (Å²) in [6.07, 6.45) is 1.79. The maximum absolute atomic E-state index is 6.25. The predicted molar refractivity (Wildman–Crippen MR) is 85.7 cm³/mol. The third-order valence-corrected chi connectivity index (χ3v) is 4.41. The van der Waals surface area contributed by atoms with Gasteiger partial charge < -0.3 is 14.8 Å². The fraction of sp³-hybridized carbons (Fsp3) is 0.438. The Labute approximate surface area is 129 Å². The fourth-order valence-electron chi connectivity index (χ4n) is 2.21. The molecule has 0 fully saturated rings. The van der Waals surface area contributed by atoms with Crippen LogP contribution in [-0.4, -0.2) is 29.1 Å². The molecule has 1 aromatic heterocycles. The molecule has 2 heterocycles. The van der Waals surface area contributed by atoms with Crippen molar-refractivity contribution in [1.29, 1.82) is 0 Å². The van der Waals surface area contributed by atoms with Gasteiger partial charge in [0.25, 0.3) is 0 Å². The van der Waals surface area contributed by atoms with Crippen LogP contribution in [0.1, 0.15) is 20.8 Å². The first-order valence-electron chi connectivity index (χ1n) is 7.08. The van der Waals surface area contributed by atoms with Gasteiger partial charge in [-0.15, -0.1) is 11.6 Å². The Hall–Kier alpha value is -1.68. The third-order valence-electron chi connectivity index (χ3n) is 3.86. The summed E-state index contributed by atoms with van der Waals surface area (Å²) in [5.41, 5.74) is -0.268. The van der Waals surface area contributed by atoms with Crippen molar-refractivity contribution in [2.45, 2.75) is 31.7 Å². The molecule has 112 valence electrons. The molecule has 0 bridgehead atoms. The summed E-state index contributed by atoms with van der Waals surface area (Å²) in [6, 6.07) is 5.94. The number of hydrogen-bond donors (Lipinski definition) is 1. The number of nitrogens with zero attached hydrogens (tertiary/aromatic N) is 1. The van der Waals surface area contributed by atoms with Gasteiger partial charge in [0.05, 0.1) is 5.38 Å². The van der Waals surface area contributed by atoms with Crippen LogP contribution in [0.5, 0.6) is 11.5 Å². The lowest BCUT2D eigenvalue weighted by atomic mass is 10.0. The van der Waals surface area contributed by atoms with Gasteiger partial charge >= 0.3 is 0 Å². The minimum atomic E-state index is -0.268. The van der Waals surface area contributed by atoms with E-state index in [4.69, 9.17) is 21.1 Å². The van der Waals surface area contributed by atoms with Crippen molar-refractivity contribution in [3.63, 3.8) is 0 Å². The molecule has 1 unspecified atom stereocenters. The van der Waals surface area contributed by atoms with Crippen LogP contribution >= 0.6 is 11.6 Å². The van der Waals surface area contributed by atoms with Crippen LogP contribution in [-0.2, 0) is 0 Å². The second kappa shape index (κ2) is 5.26. The number of alkyl halides is 1. The van der Waals surface area contributed by atoms with Gasteiger partial charge in [-0.3, -0.25) is 0 Å². The van der Waals surface area contributed by atoms with Crippen molar-refractivity contribution in [2.24, 2.45) is 0 Å². The number of nitrogens with one attached hydrogen (secondary N) is 1. The summed E-state index contributed by atoms with van der Waals surface area (Å²) >= 11 is 6.25. The van der Waals surface area contributed by atoms with E-state index in [1.54, 1.807) is 6.20 Å². The average Bonchev–Trinajstić information content (AvgIpc) is 2.45. The van der Waals surface area contributed by atoms with Crippen LogP contribution in [0, 0.1) is 0 Å². The SMILES string of the molecule is CC(Cl)C(C)(C)Nc1nccc2cc3c(cc12)OCCO3. The maximum Gasteiger partial charge on any atom is 0.162 e. The Morgan fingerprint density at radius 1 is 1.24 bits per heavy atom. The van der Waals surface area contributed by atoms with Gasteiger partial charge in [-0.25, -0.2) is 4.98 Å². The Morgan fingerprint density at radius 2 is 1.90 bits per heavy atom. The van der Waals surface area contributed by atoms with E-state index in [2.05, 4.69) is 24.1 Å². The highest BCUT2D eigenvalue weighted by Crippen LogP contribution is 2.37. The Bertz CT molecular complexity index is 671. The number of aromatic nitrogens is 1. The zero-order valence-electron chi connectivity index (χ0n) is 12.4. The van der Waals surface area contributed by atoms with Gasteiger partial charge in [0, 0.05) is 17.1 Å². The van der Waals surface area contributed by atoms with Crippen molar-refractivity contribution in [2.75, 3.05) is 18.5 Å². The monoisotopic (exact) mass is 306 g/mol. The summed E-state index contributed by atoms with van der Waals surface area (Å²) in [5, 5.41) is 5.46. The zero-order chi connectivity index (χ0) is 15.0. The number of benzene rings is 1. The van der Waals surface area contributed by atoms with E-state index in [1.165, 1.54) is 0 Å². The smallest absolute Gasteiger partial charge is 0.162 e. The number of hydrogen-bond acceptors (Lipinski definition) is 4. The highest BCUT2D eigenvalue weighted by Gasteiger charge is 2.25. The van der Waals surface area contributed by atoms with Crippen LogP contribution in [0.2, 0.25) is 0 Å². The predicted octanol–water partition coefficient (Wildman–Crippen LogP) is 3.82. The van der Waals surface area contributed by atoms with E-state index in [0.29, 0.717) is 13.2 Å². The quantitative estimate of drug-likeness (QED) is 0.875. The number of pyridine rings is 1. The van der Waals surface area contributed by atoms with Crippen LogP contribution in [0.4, 0.5) is 5.82 Å². The van der Waals surface area contributed by atoms with E-state index in [0.717, 1.165) is 28.1 Å². The highest BCUT2D eigenvalue weighted by molar-refractivity contribution is 6.21. The van der Waals surface area contributed by atoms with E-state index >= 15 is 0 Å². The number of ether oxygens (including phenoxy) is 2. The lowest BCUT2D eigenvalue weighted by molar-refractivity contribution is 0.172. The van der Waals surface area contributed by atoms with E-state index in [-0.39, 0.29) is 10.9 Å². The molecule has 0 aliphatic carbocycles. The number of halogens is 1. The molecule has 1 atom stereocenters. The summed E-state index contributed by atoms with van der Waals surface area (Å²) in [6.45, 7) is 7.25. The molecule has 0 saturated carbocycles. The summed E-state index contributed by atoms with van der Waals surface area (Å²) < 4.78 is 11.3. The van der Waals surface area contributed by atoms with Crippen molar-refractivity contribution < 1.29 is 9.47 Å². The summed E-state index contributed by atoms with van der Waals surface area (Å²) in [4.78, 5) is 4.46. The first kappa shape index (κ1) is 14.3. The standard InChI is InChI=1S/C16H19ClN2O2/c1-10(17)16(2,3)19-15-12-9-14-13(20-6-7-21-14)8-11(12)4-5-18-15/h4-5,8-10H,6-7H2,1-3H3,(H,18,19). The molecule has 4 nitrogen and oxygen atoms in total. The first-order valence-corrected chi connectivity index (χ1v) is 7.51. The highest BCUT2D eigenvalue weighted by atomic mass is 35.5.